The van der Waals surface area contributed by atoms with Gasteiger partial charge < -0.3 is 14.6 Å². The smallest absolute Gasteiger partial charge is 0.174 e. The Bertz CT molecular complexity index is 1110. The van der Waals surface area contributed by atoms with Gasteiger partial charge in [0.1, 0.15) is 17.1 Å². The molecule has 29 heavy (non-hydrogen) atoms. The summed E-state index contributed by atoms with van der Waals surface area (Å²) in [6, 6.07) is 19.6. The van der Waals surface area contributed by atoms with Crippen molar-refractivity contribution in [1.82, 2.24) is 4.98 Å². The molecule has 5 nitrogen and oxygen atoms in total. The fraction of sp³-hybridized carbons (Fsp3) is 0.250. The summed E-state index contributed by atoms with van der Waals surface area (Å²) in [6.07, 6.45) is 4.54. The fourth-order valence-corrected chi connectivity index (χ4v) is 5.11. The zero-order chi connectivity index (χ0) is 20.1. The molecule has 1 saturated carbocycles. The Morgan fingerprint density at radius 2 is 1.90 bits per heavy atom. The molecular formula is C24H20N2O3. The molecule has 2 aliphatic rings. The molecule has 1 fully saturated rings. The first kappa shape index (κ1) is 17.7. The van der Waals surface area contributed by atoms with E-state index in [0.29, 0.717) is 29.0 Å². The van der Waals surface area contributed by atoms with E-state index in [4.69, 9.17) is 9.47 Å². The van der Waals surface area contributed by atoms with Gasteiger partial charge in [0, 0.05) is 5.92 Å². The number of methoxy groups -OCH3 is 1. The average molecular weight is 384 g/mol. The standard InChI is InChI=1S/C24H20N2O3/c1-28-20-14-26-15-21-22(20)23(27)12-11-19(17-5-3-2-4-6-17)24(23,29-21)18-9-7-16(13-25)8-10-18/h2-10,14-15,19,27H,11-12H2,1H3/t19-,23+,24-/m0/s1. The lowest BCUT2D eigenvalue weighted by molar-refractivity contribution is -0.106. The predicted molar refractivity (Wildman–Crippen MR) is 107 cm³/mol. The molecule has 144 valence electrons. The molecule has 0 spiro atoms. The second-order valence-corrected chi connectivity index (χ2v) is 7.60. The fourth-order valence-electron chi connectivity index (χ4n) is 5.11. The number of ether oxygens (including phenoxy) is 2. The van der Waals surface area contributed by atoms with Crippen LogP contribution in [-0.4, -0.2) is 17.2 Å². The number of rotatable bonds is 3. The summed E-state index contributed by atoms with van der Waals surface area (Å²) in [5.41, 5.74) is 0.860. The molecule has 1 aliphatic heterocycles. The van der Waals surface area contributed by atoms with E-state index in [1.165, 1.54) is 0 Å². The number of aliphatic hydroxyl groups is 1. The van der Waals surface area contributed by atoms with Gasteiger partial charge in [0.05, 0.1) is 36.7 Å². The molecule has 3 atom stereocenters. The highest BCUT2D eigenvalue weighted by atomic mass is 16.5. The highest BCUT2D eigenvalue weighted by Crippen LogP contribution is 2.67. The summed E-state index contributed by atoms with van der Waals surface area (Å²) in [6.45, 7) is 0. The number of benzene rings is 2. The first-order chi connectivity index (χ1) is 14.1. The van der Waals surface area contributed by atoms with Crippen molar-refractivity contribution in [3.63, 3.8) is 0 Å². The minimum atomic E-state index is -1.27. The molecule has 0 unspecified atom stereocenters. The zero-order valence-corrected chi connectivity index (χ0v) is 16.0. The van der Waals surface area contributed by atoms with Crippen LogP contribution in [0.2, 0.25) is 0 Å². The van der Waals surface area contributed by atoms with Gasteiger partial charge in [-0.2, -0.15) is 5.26 Å². The van der Waals surface area contributed by atoms with Gasteiger partial charge in [-0.05, 0) is 36.1 Å². The van der Waals surface area contributed by atoms with Crippen LogP contribution in [0.5, 0.6) is 11.5 Å². The van der Waals surface area contributed by atoms with Crippen molar-refractivity contribution in [2.75, 3.05) is 7.11 Å². The quantitative estimate of drug-likeness (QED) is 0.738. The molecule has 0 radical (unpaired) electrons. The van der Waals surface area contributed by atoms with Crippen LogP contribution in [0.1, 0.15) is 41.0 Å². The van der Waals surface area contributed by atoms with E-state index < -0.39 is 11.2 Å². The van der Waals surface area contributed by atoms with Crippen LogP contribution in [0.3, 0.4) is 0 Å². The second kappa shape index (κ2) is 6.33. The number of nitriles is 1. The number of nitrogens with zero attached hydrogens (tertiary/aromatic N) is 2. The Hall–Kier alpha value is -3.36. The molecule has 1 aromatic heterocycles. The topological polar surface area (TPSA) is 75.4 Å². The molecular weight excluding hydrogens is 364 g/mol. The lowest BCUT2D eigenvalue weighted by Gasteiger charge is -2.40. The van der Waals surface area contributed by atoms with Crippen LogP contribution < -0.4 is 9.47 Å². The molecule has 0 saturated heterocycles. The largest absolute Gasteiger partial charge is 0.495 e. The Balaban J connectivity index is 1.77. The van der Waals surface area contributed by atoms with Gasteiger partial charge in [0.25, 0.3) is 0 Å². The Morgan fingerprint density at radius 3 is 2.59 bits per heavy atom. The van der Waals surface area contributed by atoms with Crippen molar-refractivity contribution in [3.8, 4) is 17.6 Å². The maximum absolute atomic E-state index is 12.2. The molecule has 1 aliphatic carbocycles. The number of hydrogen-bond donors (Lipinski definition) is 1. The summed E-state index contributed by atoms with van der Waals surface area (Å²) >= 11 is 0. The van der Waals surface area contributed by atoms with Crippen LogP contribution >= 0.6 is 0 Å². The van der Waals surface area contributed by atoms with E-state index in [2.05, 4.69) is 23.2 Å². The van der Waals surface area contributed by atoms with Gasteiger partial charge in [0.15, 0.2) is 5.60 Å². The summed E-state index contributed by atoms with van der Waals surface area (Å²) in [5, 5.41) is 21.4. The SMILES string of the molecule is COc1cncc2c1[C@]1(O)CC[C@@H](c3ccccc3)[C@]1(c1ccc(C#N)cc1)O2. The van der Waals surface area contributed by atoms with Crippen LogP contribution in [0.4, 0.5) is 0 Å². The minimum Gasteiger partial charge on any atom is -0.495 e. The monoisotopic (exact) mass is 384 g/mol. The molecule has 2 heterocycles. The highest BCUT2D eigenvalue weighted by Gasteiger charge is 2.69. The van der Waals surface area contributed by atoms with Gasteiger partial charge in [-0.1, -0.05) is 42.5 Å². The molecule has 0 amide bonds. The van der Waals surface area contributed by atoms with Gasteiger partial charge >= 0.3 is 0 Å². The lowest BCUT2D eigenvalue weighted by Crippen LogP contribution is -2.48. The van der Waals surface area contributed by atoms with E-state index in [9.17, 15) is 10.4 Å². The molecule has 5 heteroatoms. The first-order valence-corrected chi connectivity index (χ1v) is 9.63. The zero-order valence-electron chi connectivity index (χ0n) is 16.0. The molecule has 1 N–H and O–H groups in total. The summed E-state index contributed by atoms with van der Waals surface area (Å²) in [5.74, 6) is 0.991. The van der Waals surface area contributed by atoms with Crippen molar-refractivity contribution in [1.29, 1.82) is 5.26 Å². The maximum atomic E-state index is 12.2. The summed E-state index contributed by atoms with van der Waals surface area (Å²) < 4.78 is 12.2. The third-order valence-electron chi connectivity index (χ3n) is 6.33. The van der Waals surface area contributed by atoms with Gasteiger partial charge in [-0.25, -0.2) is 0 Å². The van der Waals surface area contributed by atoms with Crippen LogP contribution in [0.25, 0.3) is 0 Å². The summed E-state index contributed by atoms with van der Waals surface area (Å²) in [7, 11) is 1.58. The van der Waals surface area contributed by atoms with Crippen molar-refractivity contribution >= 4 is 0 Å². The van der Waals surface area contributed by atoms with Crippen molar-refractivity contribution < 1.29 is 14.6 Å². The highest BCUT2D eigenvalue weighted by molar-refractivity contribution is 5.57. The number of aromatic nitrogens is 1. The van der Waals surface area contributed by atoms with Gasteiger partial charge in [0.2, 0.25) is 0 Å². The van der Waals surface area contributed by atoms with Crippen LogP contribution in [0.15, 0.2) is 67.0 Å². The average Bonchev–Trinajstić information content (AvgIpc) is 3.21. The summed E-state index contributed by atoms with van der Waals surface area (Å²) in [4.78, 5) is 4.23. The van der Waals surface area contributed by atoms with Crippen molar-refractivity contribution in [2.24, 2.45) is 0 Å². The lowest BCUT2D eigenvalue weighted by atomic mass is 9.71. The number of pyridine rings is 1. The minimum absolute atomic E-state index is 0.0706. The normalized spacial score (nSPS) is 26.9. The molecule has 3 aromatic rings. The predicted octanol–water partition coefficient (Wildman–Crippen LogP) is 4.01. The molecule has 0 bridgehead atoms. The number of hydrogen-bond acceptors (Lipinski definition) is 5. The van der Waals surface area contributed by atoms with Crippen molar-refractivity contribution in [2.45, 2.75) is 30.0 Å². The van der Waals surface area contributed by atoms with E-state index in [-0.39, 0.29) is 5.92 Å². The molecule has 2 aromatic carbocycles. The first-order valence-electron chi connectivity index (χ1n) is 9.63. The van der Waals surface area contributed by atoms with E-state index in [0.717, 1.165) is 17.5 Å². The Morgan fingerprint density at radius 1 is 1.14 bits per heavy atom. The second-order valence-electron chi connectivity index (χ2n) is 7.60. The number of fused-ring (bicyclic) bond motifs is 3. The van der Waals surface area contributed by atoms with Crippen LogP contribution in [0, 0.1) is 11.3 Å². The van der Waals surface area contributed by atoms with E-state index in [1.54, 1.807) is 31.6 Å². The Labute approximate surface area is 169 Å². The van der Waals surface area contributed by atoms with Gasteiger partial charge in [-0.15, -0.1) is 0 Å². The van der Waals surface area contributed by atoms with Gasteiger partial charge in [-0.3, -0.25) is 4.98 Å². The van der Waals surface area contributed by atoms with Crippen molar-refractivity contribution in [3.05, 3.63) is 89.2 Å². The van der Waals surface area contributed by atoms with E-state index >= 15 is 0 Å². The third kappa shape index (κ3) is 2.27. The van der Waals surface area contributed by atoms with E-state index in [1.807, 2.05) is 30.3 Å². The maximum Gasteiger partial charge on any atom is 0.174 e. The molecule has 5 rings (SSSR count). The van der Waals surface area contributed by atoms with Crippen LogP contribution in [-0.2, 0) is 11.2 Å². The Kier molecular flexibility index (Phi) is 3.87. The third-order valence-corrected chi connectivity index (χ3v) is 6.33.